The minimum absolute atomic E-state index is 0.299. The van der Waals surface area contributed by atoms with E-state index >= 15 is 0 Å². The Kier molecular flexibility index (Phi) is 3.67. The molecule has 4 heteroatoms. The number of likely N-dealkylation sites (N-methyl/N-ethyl adjacent to an activating group) is 1. The van der Waals surface area contributed by atoms with E-state index in [2.05, 4.69) is 60.9 Å². The first-order valence-electron chi connectivity index (χ1n) is 12.2. The van der Waals surface area contributed by atoms with E-state index in [1.54, 1.807) is 0 Å². The van der Waals surface area contributed by atoms with Crippen LogP contribution in [0.3, 0.4) is 0 Å². The third-order valence-corrected chi connectivity index (χ3v) is 8.41. The molecule has 4 unspecified atom stereocenters. The molecule has 160 valence electrons. The molecule has 5 atom stereocenters. The summed E-state index contributed by atoms with van der Waals surface area (Å²) in [5.74, 6) is 3.02. The summed E-state index contributed by atoms with van der Waals surface area (Å²) < 4.78 is 6.80. The van der Waals surface area contributed by atoms with Crippen LogP contribution in [-0.4, -0.2) is 40.1 Å². The number of aryl methyl sites for hydroxylation is 2. The first-order chi connectivity index (χ1) is 15.1. The molecule has 0 bridgehead atoms. The fourth-order valence-electron chi connectivity index (χ4n) is 7.07. The highest BCUT2D eigenvalue weighted by Crippen LogP contribution is 2.55. The van der Waals surface area contributed by atoms with Gasteiger partial charge < -0.3 is 14.5 Å². The zero-order chi connectivity index (χ0) is 20.9. The second kappa shape index (κ2) is 6.27. The van der Waals surface area contributed by atoms with Gasteiger partial charge in [0.2, 0.25) is 0 Å². The lowest BCUT2D eigenvalue weighted by Crippen LogP contribution is -2.37. The smallest absolute Gasteiger partial charge is 0.132 e. The molecule has 4 heterocycles. The molecule has 0 radical (unpaired) electrons. The number of nitrogens with zero attached hydrogens (tertiary/aromatic N) is 3. The van der Waals surface area contributed by atoms with Crippen molar-refractivity contribution in [2.24, 2.45) is 17.8 Å². The number of pyridine rings is 1. The second-order valence-corrected chi connectivity index (χ2v) is 10.2. The summed E-state index contributed by atoms with van der Waals surface area (Å²) in [5, 5.41) is 0. The van der Waals surface area contributed by atoms with Crippen molar-refractivity contribution >= 4 is 5.70 Å². The zero-order valence-electron chi connectivity index (χ0n) is 18.8. The van der Waals surface area contributed by atoms with Gasteiger partial charge in [-0.3, -0.25) is 4.98 Å². The van der Waals surface area contributed by atoms with Crippen molar-refractivity contribution in [3.8, 4) is 0 Å². The van der Waals surface area contributed by atoms with E-state index in [9.17, 15) is 0 Å². The molecule has 2 saturated heterocycles. The molecule has 0 aromatic carbocycles. The van der Waals surface area contributed by atoms with Crippen molar-refractivity contribution in [2.45, 2.75) is 58.7 Å². The number of ether oxygens (including phenoxy) is 1. The Hall–Kier alpha value is -2.49. The molecule has 4 nitrogen and oxygen atoms in total. The molecule has 6 aliphatic rings. The highest BCUT2D eigenvalue weighted by atomic mass is 16.5. The van der Waals surface area contributed by atoms with Crippen molar-refractivity contribution in [1.82, 2.24) is 14.8 Å². The number of fused-ring (bicyclic) bond motifs is 9. The molecule has 31 heavy (non-hydrogen) atoms. The van der Waals surface area contributed by atoms with Crippen LogP contribution in [0.4, 0.5) is 0 Å². The minimum atomic E-state index is 0.299. The SMILES string of the molecule is CCN1C2=C(CCc3nc(C)ccc32)N2CC3=CCC4C(=C3C21)O[C@H]1CC(C)C=CC41. The molecule has 0 spiro atoms. The average Bonchev–Trinajstić information content (AvgIpc) is 3.40. The predicted molar refractivity (Wildman–Crippen MR) is 122 cm³/mol. The van der Waals surface area contributed by atoms with E-state index in [4.69, 9.17) is 9.72 Å². The van der Waals surface area contributed by atoms with Gasteiger partial charge in [0.05, 0.1) is 11.4 Å². The van der Waals surface area contributed by atoms with Gasteiger partial charge in [0, 0.05) is 47.5 Å². The summed E-state index contributed by atoms with van der Waals surface area (Å²) >= 11 is 0. The topological polar surface area (TPSA) is 28.6 Å². The van der Waals surface area contributed by atoms with Crippen LogP contribution in [0.15, 0.2) is 53.0 Å². The van der Waals surface area contributed by atoms with Crippen molar-refractivity contribution in [2.75, 3.05) is 13.1 Å². The normalized spacial score (nSPS) is 34.7. The highest BCUT2D eigenvalue weighted by molar-refractivity contribution is 5.75. The molecular weight excluding hydrogens is 382 g/mol. The van der Waals surface area contributed by atoms with Crippen LogP contribution in [0.5, 0.6) is 0 Å². The lowest BCUT2D eigenvalue weighted by molar-refractivity contribution is 0.114. The number of aromatic nitrogens is 1. The highest BCUT2D eigenvalue weighted by Gasteiger charge is 2.53. The van der Waals surface area contributed by atoms with E-state index in [1.165, 1.54) is 39.6 Å². The van der Waals surface area contributed by atoms with Gasteiger partial charge in [-0.2, -0.15) is 0 Å². The van der Waals surface area contributed by atoms with Crippen LogP contribution >= 0.6 is 0 Å². The minimum Gasteiger partial charge on any atom is -0.493 e. The predicted octanol–water partition coefficient (Wildman–Crippen LogP) is 4.79. The molecule has 3 aliphatic carbocycles. The second-order valence-electron chi connectivity index (χ2n) is 10.2. The Morgan fingerprint density at radius 1 is 1.19 bits per heavy atom. The summed E-state index contributed by atoms with van der Waals surface area (Å²) in [6, 6.07) is 4.48. The first-order valence-corrected chi connectivity index (χ1v) is 12.2. The molecule has 1 aromatic rings. The molecule has 0 N–H and O–H groups in total. The molecule has 0 saturated carbocycles. The zero-order valence-corrected chi connectivity index (χ0v) is 18.8. The van der Waals surface area contributed by atoms with E-state index < -0.39 is 0 Å². The van der Waals surface area contributed by atoms with Crippen LogP contribution < -0.4 is 0 Å². The Morgan fingerprint density at radius 3 is 2.97 bits per heavy atom. The standard InChI is InChI=1S/C27H31N3O/c1-4-29-25-20-9-6-16(3)28-21(20)11-12-22(25)30-14-17-7-10-19-18-8-5-15(2)13-23(18)31-26(19)24(17)27(29)30/h5-9,15,18-19,23,27H,4,10-14H2,1-3H3/t15?,18?,19?,23-,27?/m0/s1. The van der Waals surface area contributed by atoms with E-state index in [-0.39, 0.29) is 0 Å². The van der Waals surface area contributed by atoms with Crippen molar-refractivity contribution in [3.05, 3.63) is 69.9 Å². The maximum atomic E-state index is 6.80. The quantitative estimate of drug-likeness (QED) is 0.619. The summed E-state index contributed by atoms with van der Waals surface area (Å²) in [5.41, 5.74) is 9.71. The third kappa shape index (κ3) is 2.34. The maximum Gasteiger partial charge on any atom is 0.132 e. The molecule has 0 amide bonds. The van der Waals surface area contributed by atoms with Gasteiger partial charge in [-0.1, -0.05) is 25.2 Å². The lowest BCUT2D eigenvalue weighted by Gasteiger charge is -2.32. The van der Waals surface area contributed by atoms with E-state index in [1.807, 2.05) is 0 Å². The van der Waals surface area contributed by atoms with Gasteiger partial charge in [0.25, 0.3) is 0 Å². The van der Waals surface area contributed by atoms with Crippen molar-refractivity contribution < 1.29 is 4.74 Å². The van der Waals surface area contributed by atoms with Crippen LogP contribution in [-0.2, 0) is 11.2 Å². The van der Waals surface area contributed by atoms with Crippen LogP contribution in [0.2, 0.25) is 0 Å². The van der Waals surface area contributed by atoms with Crippen molar-refractivity contribution in [3.63, 3.8) is 0 Å². The van der Waals surface area contributed by atoms with Crippen molar-refractivity contribution in [1.29, 1.82) is 0 Å². The monoisotopic (exact) mass is 413 g/mol. The van der Waals surface area contributed by atoms with E-state index in [0.29, 0.717) is 30.0 Å². The molecule has 7 rings (SSSR count). The maximum absolute atomic E-state index is 6.80. The Balaban J connectivity index is 1.34. The van der Waals surface area contributed by atoms with Crippen LogP contribution in [0.25, 0.3) is 5.70 Å². The fourth-order valence-corrected chi connectivity index (χ4v) is 7.07. The molecule has 2 fully saturated rings. The third-order valence-electron chi connectivity index (χ3n) is 8.41. The Labute approximate surface area is 185 Å². The average molecular weight is 414 g/mol. The van der Waals surface area contributed by atoms with Gasteiger partial charge in [-0.05, 0) is 63.2 Å². The van der Waals surface area contributed by atoms with Gasteiger partial charge >= 0.3 is 0 Å². The summed E-state index contributed by atoms with van der Waals surface area (Å²) in [6.07, 6.45) is 12.5. The summed E-state index contributed by atoms with van der Waals surface area (Å²) in [7, 11) is 0. The molecular formula is C27H31N3O. The Morgan fingerprint density at radius 2 is 2.10 bits per heavy atom. The Bertz CT molecular complexity index is 1110. The van der Waals surface area contributed by atoms with Crippen LogP contribution in [0, 0.1) is 24.7 Å². The van der Waals surface area contributed by atoms with Gasteiger partial charge in [-0.25, -0.2) is 0 Å². The van der Waals surface area contributed by atoms with Gasteiger partial charge in [0.15, 0.2) is 0 Å². The number of hydrogen-bond acceptors (Lipinski definition) is 4. The molecule has 1 aromatic heterocycles. The molecule has 3 aliphatic heterocycles. The van der Waals surface area contributed by atoms with Gasteiger partial charge in [0.1, 0.15) is 18.0 Å². The number of hydrogen-bond donors (Lipinski definition) is 0. The van der Waals surface area contributed by atoms with Gasteiger partial charge in [-0.15, -0.1) is 0 Å². The van der Waals surface area contributed by atoms with Crippen LogP contribution in [0.1, 0.15) is 50.1 Å². The lowest BCUT2D eigenvalue weighted by atomic mass is 9.76. The summed E-state index contributed by atoms with van der Waals surface area (Å²) in [4.78, 5) is 10.2. The number of rotatable bonds is 1. The number of allylic oxidation sites excluding steroid dienone is 4. The summed E-state index contributed by atoms with van der Waals surface area (Å²) in [6.45, 7) is 8.76. The van der Waals surface area contributed by atoms with E-state index in [0.717, 1.165) is 44.5 Å². The fraction of sp³-hybridized carbons (Fsp3) is 0.519. The largest absolute Gasteiger partial charge is 0.493 e. The first kappa shape index (κ1) is 18.1.